The average Bonchev–Trinajstić information content (AvgIpc) is 3.11. The molecule has 2 aromatic rings. The maximum Gasteiger partial charge on any atom is 0.125 e. The van der Waals surface area contributed by atoms with Crippen LogP contribution >= 0.6 is 23.2 Å². The molecule has 1 aromatic carbocycles. The number of imidazole rings is 1. The van der Waals surface area contributed by atoms with Gasteiger partial charge in [-0.05, 0) is 43.2 Å². The lowest BCUT2D eigenvalue weighted by Gasteiger charge is -2.25. The van der Waals surface area contributed by atoms with Gasteiger partial charge in [-0.2, -0.15) is 0 Å². The molecule has 100 valence electrons. The predicted octanol–water partition coefficient (Wildman–Crippen LogP) is 4.79. The summed E-state index contributed by atoms with van der Waals surface area (Å²) in [4.78, 5) is 4.66. The van der Waals surface area contributed by atoms with Gasteiger partial charge < -0.3 is 4.57 Å². The van der Waals surface area contributed by atoms with Crippen LogP contribution in [0.15, 0.2) is 18.2 Å². The molecule has 1 heterocycles. The molecule has 4 heteroatoms. The van der Waals surface area contributed by atoms with Crippen molar-refractivity contribution in [1.29, 1.82) is 0 Å². The fourth-order valence-corrected chi connectivity index (χ4v) is 4.52. The maximum atomic E-state index is 6.27. The Morgan fingerprint density at radius 3 is 2.84 bits per heavy atom. The van der Waals surface area contributed by atoms with Gasteiger partial charge in [-0.15, -0.1) is 11.6 Å². The third kappa shape index (κ3) is 1.73. The first-order valence-electron chi connectivity index (χ1n) is 6.99. The van der Waals surface area contributed by atoms with Gasteiger partial charge in [0.1, 0.15) is 11.3 Å². The molecule has 2 saturated carbocycles. The molecular weight excluding hydrogens is 279 g/mol. The molecule has 19 heavy (non-hydrogen) atoms. The highest BCUT2D eigenvalue weighted by Gasteiger charge is 2.41. The topological polar surface area (TPSA) is 17.8 Å². The van der Waals surface area contributed by atoms with Crippen molar-refractivity contribution in [3.63, 3.8) is 0 Å². The highest BCUT2D eigenvalue weighted by molar-refractivity contribution is 6.35. The third-order valence-electron chi connectivity index (χ3n) is 4.90. The largest absolute Gasteiger partial charge is 0.324 e. The summed E-state index contributed by atoms with van der Waals surface area (Å²) < 4.78 is 2.37. The van der Waals surface area contributed by atoms with Crippen molar-refractivity contribution < 1.29 is 0 Å². The van der Waals surface area contributed by atoms with Gasteiger partial charge in [0.05, 0.1) is 16.4 Å². The second-order valence-electron chi connectivity index (χ2n) is 5.88. The molecule has 0 amide bonds. The van der Waals surface area contributed by atoms with Crippen LogP contribution in [0, 0.1) is 11.8 Å². The van der Waals surface area contributed by atoms with E-state index in [9.17, 15) is 0 Å². The Hall–Kier alpha value is -0.730. The van der Waals surface area contributed by atoms with Crippen molar-refractivity contribution in [2.75, 3.05) is 0 Å². The van der Waals surface area contributed by atoms with Crippen molar-refractivity contribution in [1.82, 2.24) is 9.55 Å². The van der Waals surface area contributed by atoms with Crippen LogP contribution in [-0.2, 0) is 5.88 Å². The molecule has 2 nitrogen and oxygen atoms in total. The van der Waals surface area contributed by atoms with Crippen LogP contribution in [-0.4, -0.2) is 9.55 Å². The Bertz CT molecular complexity index is 634. The van der Waals surface area contributed by atoms with Gasteiger partial charge in [0.15, 0.2) is 0 Å². The van der Waals surface area contributed by atoms with E-state index in [-0.39, 0.29) is 0 Å². The van der Waals surface area contributed by atoms with E-state index in [2.05, 4.69) is 15.6 Å². The minimum atomic E-state index is 0.457. The Labute approximate surface area is 122 Å². The summed E-state index contributed by atoms with van der Waals surface area (Å²) >= 11 is 12.4. The van der Waals surface area contributed by atoms with Crippen LogP contribution in [0.3, 0.4) is 0 Å². The monoisotopic (exact) mass is 294 g/mol. The van der Waals surface area contributed by atoms with E-state index in [1.54, 1.807) is 0 Å². The van der Waals surface area contributed by atoms with Crippen LogP contribution in [0.25, 0.3) is 11.0 Å². The summed E-state index contributed by atoms with van der Waals surface area (Å²) in [5.41, 5.74) is 2.06. The zero-order chi connectivity index (χ0) is 13.0. The van der Waals surface area contributed by atoms with Crippen molar-refractivity contribution >= 4 is 34.2 Å². The van der Waals surface area contributed by atoms with Crippen molar-refractivity contribution in [3.8, 4) is 0 Å². The van der Waals surface area contributed by atoms with E-state index >= 15 is 0 Å². The van der Waals surface area contributed by atoms with Crippen molar-refractivity contribution in [3.05, 3.63) is 29.0 Å². The summed E-state index contributed by atoms with van der Waals surface area (Å²) in [5, 5.41) is 0.728. The molecule has 2 bridgehead atoms. The zero-order valence-electron chi connectivity index (χ0n) is 10.6. The number of alkyl halides is 1. The highest BCUT2D eigenvalue weighted by atomic mass is 35.5. The van der Waals surface area contributed by atoms with Gasteiger partial charge in [0, 0.05) is 6.04 Å². The van der Waals surface area contributed by atoms with Gasteiger partial charge in [0.25, 0.3) is 0 Å². The smallest absolute Gasteiger partial charge is 0.125 e. The molecule has 0 radical (unpaired) electrons. The number of rotatable bonds is 2. The lowest BCUT2D eigenvalue weighted by atomic mass is 9.95. The van der Waals surface area contributed by atoms with Gasteiger partial charge in [-0.25, -0.2) is 4.98 Å². The number of para-hydroxylation sites is 1. The third-order valence-corrected chi connectivity index (χ3v) is 5.44. The molecule has 4 rings (SSSR count). The van der Waals surface area contributed by atoms with E-state index < -0.39 is 0 Å². The first-order chi connectivity index (χ1) is 9.28. The Morgan fingerprint density at radius 1 is 1.26 bits per heavy atom. The molecular formula is C15H16Cl2N2. The Balaban J connectivity index is 1.90. The molecule has 1 aromatic heterocycles. The summed E-state index contributed by atoms with van der Waals surface area (Å²) in [6.45, 7) is 0. The van der Waals surface area contributed by atoms with Gasteiger partial charge in [-0.1, -0.05) is 24.1 Å². The fourth-order valence-electron chi connectivity index (χ4n) is 4.12. The summed E-state index contributed by atoms with van der Waals surface area (Å²) in [7, 11) is 0. The van der Waals surface area contributed by atoms with Gasteiger partial charge >= 0.3 is 0 Å². The number of hydrogen-bond donors (Lipinski definition) is 0. The SMILES string of the molecule is ClCc1nc2c(Cl)cccc2n1C1CC2CCC1C2. The molecule has 2 fully saturated rings. The number of aromatic nitrogens is 2. The highest BCUT2D eigenvalue weighted by Crippen LogP contribution is 2.52. The molecule has 3 unspecified atom stereocenters. The normalized spacial score (nSPS) is 29.5. The first kappa shape index (κ1) is 12.0. The number of nitrogens with zero attached hydrogens (tertiary/aromatic N) is 2. The maximum absolute atomic E-state index is 6.27. The Morgan fingerprint density at radius 2 is 2.16 bits per heavy atom. The summed E-state index contributed by atoms with van der Waals surface area (Å²) in [6.07, 6.45) is 5.43. The van der Waals surface area contributed by atoms with E-state index in [0.717, 1.165) is 33.7 Å². The minimum absolute atomic E-state index is 0.457. The molecule has 2 aliphatic carbocycles. The van der Waals surface area contributed by atoms with Crippen LogP contribution in [0.5, 0.6) is 0 Å². The van der Waals surface area contributed by atoms with Gasteiger partial charge in [0.2, 0.25) is 0 Å². The first-order valence-corrected chi connectivity index (χ1v) is 7.90. The van der Waals surface area contributed by atoms with E-state index in [1.807, 2.05) is 12.1 Å². The second kappa shape index (κ2) is 4.39. The average molecular weight is 295 g/mol. The van der Waals surface area contributed by atoms with E-state index in [1.165, 1.54) is 25.7 Å². The Kier molecular flexibility index (Phi) is 2.78. The van der Waals surface area contributed by atoms with Gasteiger partial charge in [-0.3, -0.25) is 0 Å². The molecule has 2 aliphatic rings. The number of benzene rings is 1. The molecule has 0 aliphatic heterocycles. The quantitative estimate of drug-likeness (QED) is 0.728. The lowest BCUT2D eigenvalue weighted by Crippen LogP contribution is -2.18. The summed E-state index contributed by atoms with van der Waals surface area (Å²) in [6, 6.07) is 6.61. The molecule has 0 saturated heterocycles. The summed E-state index contributed by atoms with van der Waals surface area (Å²) in [5.74, 6) is 3.15. The molecule has 3 atom stereocenters. The standard InChI is InChI=1S/C15H16Cl2N2/c16-8-14-18-15-11(17)2-1-3-12(15)19(14)13-7-9-4-5-10(13)6-9/h1-3,9-10,13H,4-8H2. The van der Waals surface area contributed by atoms with Crippen LogP contribution in [0.1, 0.15) is 37.5 Å². The van der Waals surface area contributed by atoms with Crippen molar-refractivity contribution in [2.45, 2.75) is 37.6 Å². The predicted molar refractivity (Wildman–Crippen MR) is 78.8 cm³/mol. The second-order valence-corrected chi connectivity index (χ2v) is 6.56. The fraction of sp³-hybridized carbons (Fsp3) is 0.533. The van der Waals surface area contributed by atoms with Crippen LogP contribution in [0.2, 0.25) is 5.02 Å². The van der Waals surface area contributed by atoms with E-state index in [0.29, 0.717) is 11.9 Å². The zero-order valence-corrected chi connectivity index (χ0v) is 12.2. The molecule has 0 N–H and O–H groups in total. The van der Waals surface area contributed by atoms with Crippen molar-refractivity contribution in [2.24, 2.45) is 11.8 Å². The van der Waals surface area contributed by atoms with Crippen LogP contribution < -0.4 is 0 Å². The minimum Gasteiger partial charge on any atom is -0.324 e. The van der Waals surface area contributed by atoms with Crippen LogP contribution in [0.4, 0.5) is 0 Å². The number of hydrogen-bond acceptors (Lipinski definition) is 1. The number of halogens is 2. The van der Waals surface area contributed by atoms with E-state index in [4.69, 9.17) is 23.2 Å². The number of fused-ring (bicyclic) bond motifs is 3. The molecule has 0 spiro atoms. The lowest BCUT2D eigenvalue weighted by molar-refractivity contribution is 0.331.